The minimum absolute atomic E-state index is 0.0125. The summed E-state index contributed by atoms with van der Waals surface area (Å²) in [7, 11) is 2.10. The predicted molar refractivity (Wildman–Crippen MR) is 180 cm³/mol. The first-order valence-electron chi connectivity index (χ1n) is 15.8. The van der Waals surface area contributed by atoms with Gasteiger partial charge in [0.25, 0.3) is 0 Å². The number of hydrogen-bond donors (Lipinski definition) is 0. The molecule has 0 spiro atoms. The van der Waals surface area contributed by atoms with E-state index in [2.05, 4.69) is 75.7 Å². The van der Waals surface area contributed by atoms with Crippen molar-refractivity contribution in [1.82, 2.24) is 19.6 Å². The molecule has 2 aromatic carbocycles. The molecule has 0 aliphatic carbocycles. The summed E-state index contributed by atoms with van der Waals surface area (Å²) in [5.41, 5.74) is 1.56. The average Bonchev–Trinajstić information content (AvgIpc) is 3.64. The van der Waals surface area contributed by atoms with Crippen LogP contribution in [0.25, 0.3) is 0 Å². The van der Waals surface area contributed by atoms with E-state index < -0.39 is 11.6 Å². The molecule has 7 nitrogen and oxygen atoms in total. The van der Waals surface area contributed by atoms with Crippen LogP contribution in [0, 0.1) is 5.92 Å². The summed E-state index contributed by atoms with van der Waals surface area (Å²) < 4.78 is 0. The molecular formula is C34H43Cl2N5O2S. The highest BCUT2D eigenvalue weighted by atomic mass is 35.5. The van der Waals surface area contributed by atoms with Gasteiger partial charge in [-0.15, -0.1) is 0 Å². The Labute approximate surface area is 275 Å². The topological polar surface area (TPSA) is 59.5 Å². The van der Waals surface area contributed by atoms with Gasteiger partial charge in [-0.05, 0) is 82.0 Å². The Hall–Kier alpha value is -2.26. The van der Waals surface area contributed by atoms with Gasteiger partial charge in [0.1, 0.15) is 16.8 Å². The maximum atomic E-state index is 14.7. The first-order chi connectivity index (χ1) is 20.9. The third-order valence-electron chi connectivity index (χ3n) is 10.2. The van der Waals surface area contributed by atoms with Gasteiger partial charge in [-0.2, -0.15) is 0 Å². The number of thioether (sulfide) groups is 1. The highest BCUT2D eigenvalue weighted by molar-refractivity contribution is 8.15. The van der Waals surface area contributed by atoms with Crippen LogP contribution in [0.15, 0.2) is 53.5 Å². The molecule has 4 heterocycles. The first kappa shape index (κ1) is 31.7. The molecule has 10 heteroatoms. The average molecular weight is 657 g/mol. The Bertz CT molecular complexity index is 1440. The molecule has 4 aliphatic rings. The fraction of sp³-hybridized carbons (Fsp3) is 0.559. The van der Waals surface area contributed by atoms with Gasteiger partial charge in [-0.25, -0.2) is 4.99 Å². The van der Waals surface area contributed by atoms with E-state index in [1.165, 1.54) is 0 Å². The zero-order valence-corrected chi connectivity index (χ0v) is 28.7. The fourth-order valence-corrected chi connectivity index (χ4v) is 9.50. The maximum absolute atomic E-state index is 14.7. The number of carbonyl (C=O) groups excluding carboxylic acids is 2. The normalized spacial score (nSPS) is 32.4. The van der Waals surface area contributed by atoms with E-state index in [9.17, 15) is 9.59 Å². The number of nitrogens with zero attached hydrogens (tertiary/aromatic N) is 5. The third-order valence-corrected chi connectivity index (χ3v) is 12.0. The lowest BCUT2D eigenvalue weighted by Crippen LogP contribution is -2.58. The van der Waals surface area contributed by atoms with E-state index in [1.807, 2.05) is 34.1 Å². The summed E-state index contributed by atoms with van der Waals surface area (Å²) >= 11 is 14.2. The Kier molecular flexibility index (Phi) is 8.76. The lowest BCUT2D eigenvalue weighted by Gasteiger charge is -2.42. The number of likely N-dealkylation sites (tertiary alicyclic amines) is 1. The molecule has 3 saturated heterocycles. The minimum Gasteiger partial charge on any atom is -0.338 e. The summed E-state index contributed by atoms with van der Waals surface area (Å²) in [6.45, 7) is 13.1. The van der Waals surface area contributed by atoms with Crippen LogP contribution < -0.4 is 0 Å². The minimum atomic E-state index is -0.598. The summed E-state index contributed by atoms with van der Waals surface area (Å²) in [4.78, 5) is 42.6. The zero-order valence-electron chi connectivity index (χ0n) is 26.4. The Morgan fingerprint density at radius 3 is 2.18 bits per heavy atom. The lowest BCUT2D eigenvalue weighted by atomic mass is 9.80. The van der Waals surface area contributed by atoms with Crippen LogP contribution in [-0.2, 0) is 15.1 Å². The number of likely N-dealkylation sites (N-methyl/N-ethyl adjacent to an activating group) is 1. The predicted octanol–water partition coefficient (Wildman–Crippen LogP) is 6.30. The van der Waals surface area contributed by atoms with Crippen LogP contribution >= 0.6 is 35.0 Å². The lowest BCUT2D eigenvalue weighted by molar-refractivity contribution is -0.147. The van der Waals surface area contributed by atoms with Gasteiger partial charge in [0, 0.05) is 41.8 Å². The monoisotopic (exact) mass is 655 g/mol. The molecule has 4 aliphatic heterocycles. The molecule has 7 atom stereocenters. The van der Waals surface area contributed by atoms with Crippen molar-refractivity contribution in [3.63, 3.8) is 0 Å². The molecular weight excluding hydrogens is 613 g/mol. The number of carbonyl (C=O) groups is 2. The number of halogens is 2. The largest absolute Gasteiger partial charge is 0.338 e. The third kappa shape index (κ3) is 5.44. The highest BCUT2D eigenvalue weighted by Gasteiger charge is 2.58. The molecule has 3 unspecified atom stereocenters. The van der Waals surface area contributed by atoms with Crippen molar-refractivity contribution < 1.29 is 9.59 Å². The molecule has 0 saturated carbocycles. The first-order valence-corrected chi connectivity index (χ1v) is 17.4. The molecule has 2 amide bonds. The summed E-state index contributed by atoms with van der Waals surface area (Å²) in [5.74, 6) is 0.315. The van der Waals surface area contributed by atoms with Crippen molar-refractivity contribution in [2.45, 2.75) is 88.5 Å². The van der Waals surface area contributed by atoms with Crippen molar-refractivity contribution in [3.05, 3.63) is 69.7 Å². The Morgan fingerprint density at radius 1 is 0.932 bits per heavy atom. The molecule has 6 rings (SSSR count). The number of rotatable bonds is 5. The van der Waals surface area contributed by atoms with Gasteiger partial charge in [0.05, 0.1) is 12.1 Å². The van der Waals surface area contributed by atoms with Crippen molar-refractivity contribution >= 4 is 51.9 Å². The van der Waals surface area contributed by atoms with Crippen molar-refractivity contribution in [1.29, 1.82) is 0 Å². The van der Waals surface area contributed by atoms with Crippen LogP contribution in [0.5, 0.6) is 0 Å². The van der Waals surface area contributed by atoms with E-state index in [0.29, 0.717) is 35.6 Å². The number of fused-ring (bicyclic) bond motifs is 1. The second-order valence-corrected chi connectivity index (χ2v) is 15.5. The quantitative estimate of drug-likeness (QED) is 0.378. The number of aliphatic imine (C=N–C) groups is 1. The number of amidine groups is 1. The van der Waals surface area contributed by atoms with Crippen LogP contribution in [0.2, 0.25) is 10.0 Å². The van der Waals surface area contributed by atoms with Gasteiger partial charge in [-0.1, -0.05) is 73.1 Å². The van der Waals surface area contributed by atoms with E-state index >= 15 is 0 Å². The van der Waals surface area contributed by atoms with Crippen LogP contribution in [0.4, 0.5) is 0 Å². The fourth-order valence-electron chi connectivity index (χ4n) is 7.63. The second-order valence-electron chi connectivity index (χ2n) is 13.5. The van der Waals surface area contributed by atoms with Gasteiger partial charge < -0.3 is 19.6 Å². The summed E-state index contributed by atoms with van der Waals surface area (Å²) in [5, 5.41) is 1.88. The summed E-state index contributed by atoms with van der Waals surface area (Å²) in [6.07, 6.45) is 1.55. The molecule has 0 N–H and O–H groups in total. The van der Waals surface area contributed by atoms with Gasteiger partial charge in [0.2, 0.25) is 11.8 Å². The number of hydrogen-bond acceptors (Lipinski definition) is 6. The van der Waals surface area contributed by atoms with E-state index in [0.717, 1.165) is 29.3 Å². The number of amides is 2. The second kappa shape index (κ2) is 12.2. The summed E-state index contributed by atoms with van der Waals surface area (Å²) in [6, 6.07) is 15.6. The Balaban J connectivity index is 1.35. The van der Waals surface area contributed by atoms with E-state index in [-0.39, 0.29) is 41.1 Å². The van der Waals surface area contributed by atoms with Crippen LogP contribution in [0.1, 0.15) is 64.6 Å². The number of piperazine rings is 1. The molecule has 3 fully saturated rings. The molecule has 0 radical (unpaired) electrons. The molecule has 44 heavy (non-hydrogen) atoms. The maximum Gasteiger partial charge on any atom is 0.245 e. The molecule has 236 valence electrons. The van der Waals surface area contributed by atoms with Crippen molar-refractivity contribution in [2.75, 3.05) is 26.7 Å². The zero-order chi connectivity index (χ0) is 31.5. The highest BCUT2D eigenvalue weighted by Crippen LogP contribution is 2.55. The van der Waals surface area contributed by atoms with Crippen LogP contribution in [0.3, 0.4) is 0 Å². The molecule has 0 aromatic heterocycles. The van der Waals surface area contributed by atoms with E-state index in [4.69, 9.17) is 28.2 Å². The van der Waals surface area contributed by atoms with Crippen molar-refractivity contribution in [2.24, 2.45) is 10.9 Å². The SMILES string of the molecule is CC(C)C1C(C(=O)N2[C@@H](C)CC[C@H]2C(=O)N2CCN(C)C(C)C2)SC2=N[C@@](C)(c3ccc(Cl)cc3)[C@@H](c3ccc(Cl)cc3)N21. The molecule has 2 aromatic rings. The molecule has 0 bridgehead atoms. The van der Waals surface area contributed by atoms with Gasteiger partial charge >= 0.3 is 0 Å². The van der Waals surface area contributed by atoms with Crippen molar-refractivity contribution in [3.8, 4) is 0 Å². The standard InChI is InChI=1S/C34H43Cl2N5O2S/c1-20(2)28-29(32(43)40-21(3)7-16-27(40)31(42)39-18-17-38(6)22(4)19-39)44-33-37-34(5,24-10-14-26(36)15-11-24)30(41(28)33)23-8-12-25(35)13-9-23/h8-15,20-22,27-30H,7,16-19H2,1-6H3/t21-,22?,27-,28?,29?,30+,34-/m0/s1. The van der Waals surface area contributed by atoms with Gasteiger partial charge in [0.15, 0.2) is 5.17 Å². The van der Waals surface area contributed by atoms with Gasteiger partial charge in [-0.3, -0.25) is 9.59 Å². The number of benzene rings is 2. The van der Waals surface area contributed by atoms with E-state index in [1.54, 1.807) is 11.8 Å². The Morgan fingerprint density at radius 2 is 1.57 bits per heavy atom. The van der Waals surface area contributed by atoms with Crippen LogP contribution in [-0.4, -0.2) is 92.7 Å². The smallest absolute Gasteiger partial charge is 0.245 e.